The van der Waals surface area contributed by atoms with Crippen LogP contribution in [0, 0.1) is 0 Å². The third-order valence-corrected chi connectivity index (χ3v) is 5.08. The summed E-state index contributed by atoms with van der Waals surface area (Å²) in [6.45, 7) is 6.36. The first kappa shape index (κ1) is 17.6. The minimum Gasteiger partial charge on any atom is -0.494 e. The molecule has 0 radical (unpaired) electrons. The summed E-state index contributed by atoms with van der Waals surface area (Å²) in [7, 11) is 0. The Morgan fingerprint density at radius 1 is 1.11 bits per heavy atom. The molecule has 5 nitrogen and oxygen atoms in total. The summed E-state index contributed by atoms with van der Waals surface area (Å²) in [5.41, 5.74) is 3.08. The maximum Gasteiger partial charge on any atom is 0.227 e. The molecule has 2 aromatic carbocycles. The minimum absolute atomic E-state index is 0.114. The minimum atomic E-state index is 0.114. The molecule has 140 valence electrons. The normalized spacial score (nSPS) is 17.0. The highest BCUT2D eigenvalue weighted by Crippen LogP contribution is 2.33. The third-order valence-electron chi connectivity index (χ3n) is 5.08. The van der Waals surface area contributed by atoms with Gasteiger partial charge in [-0.2, -0.15) is 0 Å². The summed E-state index contributed by atoms with van der Waals surface area (Å²) in [6.07, 6.45) is 1.54. The first-order valence-electron chi connectivity index (χ1n) is 9.69. The molecule has 1 aliphatic heterocycles. The van der Waals surface area contributed by atoms with Gasteiger partial charge in [-0.15, -0.1) is 0 Å². The Kier molecular flexibility index (Phi) is 4.84. The molecule has 1 unspecified atom stereocenters. The standard InChI is InChI=1S/C22H25N3O2/c1-3-13-24-20-8-6-5-7-19(20)23-22(24)16-14-21(26)25(15-16)17-9-11-18(12-10-17)27-4-2/h5-12,16H,3-4,13-15H2,1-2H3. The fourth-order valence-corrected chi connectivity index (χ4v) is 3.88. The predicted octanol–water partition coefficient (Wildman–Crippen LogP) is 4.37. The molecular formula is C22H25N3O2. The molecular weight excluding hydrogens is 338 g/mol. The van der Waals surface area contributed by atoms with Crippen LogP contribution in [0.25, 0.3) is 11.0 Å². The SMILES string of the molecule is CCCn1c(C2CC(=O)N(c3ccc(OCC)cc3)C2)nc2ccccc21. The number of fused-ring (bicyclic) bond motifs is 1. The van der Waals surface area contributed by atoms with Crippen molar-refractivity contribution in [1.82, 2.24) is 9.55 Å². The molecule has 1 saturated heterocycles. The van der Waals surface area contributed by atoms with Gasteiger partial charge in [-0.05, 0) is 49.7 Å². The molecule has 27 heavy (non-hydrogen) atoms. The van der Waals surface area contributed by atoms with Gasteiger partial charge in [0, 0.05) is 31.1 Å². The molecule has 5 heteroatoms. The van der Waals surface area contributed by atoms with E-state index < -0.39 is 0 Å². The van der Waals surface area contributed by atoms with E-state index in [0.29, 0.717) is 19.6 Å². The molecule has 1 amide bonds. The van der Waals surface area contributed by atoms with Gasteiger partial charge in [0.05, 0.1) is 17.6 Å². The van der Waals surface area contributed by atoms with Crippen molar-refractivity contribution in [3.05, 3.63) is 54.4 Å². The molecule has 0 saturated carbocycles. The molecule has 0 bridgehead atoms. The van der Waals surface area contributed by atoms with E-state index in [4.69, 9.17) is 9.72 Å². The topological polar surface area (TPSA) is 47.4 Å². The lowest BCUT2D eigenvalue weighted by atomic mass is 10.1. The van der Waals surface area contributed by atoms with Crippen molar-refractivity contribution in [2.45, 2.75) is 39.2 Å². The lowest BCUT2D eigenvalue weighted by Crippen LogP contribution is -2.24. The van der Waals surface area contributed by atoms with Crippen molar-refractivity contribution in [3.63, 3.8) is 0 Å². The second-order valence-electron chi connectivity index (χ2n) is 6.94. The van der Waals surface area contributed by atoms with Crippen LogP contribution in [0.5, 0.6) is 5.75 Å². The van der Waals surface area contributed by atoms with E-state index >= 15 is 0 Å². The summed E-state index contributed by atoms with van der Waals surface area (Å²) < 4.78 is 7.79. The number of hydrogen-bond donors (Lipinski definition) is 0. The maximum absolute atomic E-state index is 12.7. The Labute approximate surface area is 159 Å². The lowest BCUT2D eigenvalue weighted by Gasteiger charge is -2.18. The second kappa shape index (κ2) is 7.43. The molecule has 1 aromatic heterocycles. The predicted molar refractivity (Wildman–Crippen MR) is 107 cm³/mol. The van der Waals surface area contributed by atoms with E-state index in [1.807, 2.05) is 54.3 Å². The number of benzene rings is 2. The second-order valence-corrected chi connectivity index (χ2v) is 6.94. The zero-order valence-electron chi connectivity index (χ0n) is 15.9. The van der Waals surface area contributed by atoms with Crippen LogP contribution in [0.3, 0.4) is 0 Å². The fourth-order valence-electron chi connectivity index (χ4n) is 3.88. The molecule has 3 aromatic rings. The monoisotopic (exact) mass is 363 g/mol. The third kappa shape index (κ3) is 3.29. The average Bonchev–Trinajstić information content (AvgIpc) is 3.24. The highest BCUT2D eigenvalue weighted by atomic mass is 16.5. The maximum atomic E-state index is 12.7. The lowest BCUT2D eigenvalue weighted by molar-refractivity contribution is -0.117. The molecule has 1 fully saturated rings. The Bertz CT molecular complexity index is 946. The zero-order chi connectivity index (χ0) is 18.8. The van der Waals surface area contributed by atoms with Crippen LogP contribution in [0.4, 0.5) is 5.69 Å². The van der Waals surface area contributed by atoms with Crippen molar-refractivity contribution in [1.29, 1.82) is 0 Å². The molecule has 0 aliphatic carbocycles. The number of aromatic nitrogens is 2. The van der Waals surface area contributed by atoms with Crippen LogP contribution in [-0.4, -0.2) is 28.6 Å². The highest BCUT2D eigenvalue weighted by molar-refractivity contribution is 5.96. The summed E-state index contributed by atoms with van der Waals surface area (Å²) in [5.74, 6) is 2.12. The van der Waals surface area contributed by atoms with Crippen molar-refractivity contribution < 1.29 is 9.53 Å². The number of hydrogen-bond acceptors (Lipinski definition) is 3. The quantitative estimate of drug-likeness (QED) is 0.653. The van der Waals surface area contributed by atoms with Gasteiger partial charge in [0.25, 0.3) is 0 Å². The van der Waals surface area contributed by atoms with Gasteiger partial charge in [-0.3, -0.25) is 4.79 Å². The van der Waals surface area contributed by atoms with Crippen LogP contribution in [0.1, 0.15) is 38.4 Å². The molecule has 1 atom stereocenters. The molecule has 2 heterocycles. The van der Waals surface area contributed by atoms with E-state index in [1.165, 1.54) is 0 Å². The smallest absolute Gasteiger partial charge is 0.227 e. The number of aryl methyl sites for hydroxylation is 1. The van der Waals surface area contributed by atoms with E-state index in [2.05, 4.69) is 17.6 Å². The van der Waals surface area contributed by atoms with Gasteiger partial charge in [0.1, 0.15) is 11.6 Å². The van der Waals surface area contributed by atoms with Crippen LogP contribution >= 0.6 is 0 Å². The number of imidazole rings is 1. The Morgan fingerprint density at radius 2 is 1.89 bits per heavy atom. The zero-order valence-corrected chi connectivity index (χ0v) is 15.9. The number of ether oxygens (including phenoxy) is 1. The molecule has 1 aliphatic rings. The van der Waals surface area contributed by atoms with Gasteiger partial charge in [-0.1, -0.05) is 19.1 Å². The molecule has 4 rings (SSSR count). The van der Waals surface area contributed by atoms with E-state index in [-0.39, 0.29) is 11.8 Å². The Hall–Kier alpha value is -2.82. The fraction of sp³-hybridized carbons (Fsp3) is 0.364. The van der Waals surface area contributed by atoms with E-state index in [0.717, 1.165) is 41.3 Å². The number of nitrogens with zero attached hydrogens (tertiary/aromatic N) is 3. The first-order chi connectivity index (χ1) is 13.2. The summed E-state index contributed by atoms with van der Waals surface area (Å²) in [5, 5.41) is 0. The van der Waals surface area contributed by atoms with E-state index in [1.54, 1.807) is 0 Å². The number of amides is 1. The number of rotatable bonds is 6. The summed E-state index contributed by atoms with van der Waals surface area (Å²) in [6, 6.07) is 16.0. The van der Waals surface area contributed by atoms with Crippen LogP contribution in [0.15, 0.2) is 48.5 Å². The number of anilines is 1. The summed E-state index contributed by atoms with van der Waals surface area (Å²) >= 11 is 0. The molecule has 0 N–H and O–H groups in total. The van der Waals surface area contributed by atoms with Crippen molar-refractivity contribution >= 4 is 22.6 Å². The Balaban J connectivity index is 1.62. The van der Waals surface area contributed by atoms with Gasteiger partial charge in [0.15, 0.2) is 0 Å². The number of carbonyl (C=O) groups excluding carboxylic acids is 1. The van der Waals surface area contributed by atoms with Gasteiger partial charge >= 0.3 is 0 Å². The van der Waals surface area contributed by atoms with Gasteiger partial charge in [-0.25, -0.2) is 4.98 Å². The Morgan fingerprint density at radius 3 is 2.63 bits per heavy atom. The van der Waals surface area contributed by atoms with Crippen LogP contribution in [-0.2, 0) is 11.3 Å². The van der Waals surface area contributed by atoms with Crippen molar-refractivity contribution in [2.24, 2.45) is 0 Å². The van der Waals surface area contributed by atoms with Crippen molar-refractivity contribution in [2.75, 3.05) is 18.1 Å². The van der Waals surface area contributed by atoms with E-state index in [9.17, 15) is 4.79 Å². The first-order valence-corrected chi connectivity index (χ1v) is 9.69. The van der Waals surface area contributed by atoms with Gasteiger partial charge < -0.3 is 14.2 Å². The highest BCUT2D eigenvalue weighted by Gasteiger charge is 2.34. The van der Waals surface area contributed by atoms with Gasteiger partial charge in [0.2, 0.25) is 5.91 Å². The summed E-state index contributed by atoms with van der Waals surface area (Å²) in [4.78, 5) is 19.5. The van der Waals surface area contributed by atoms with Crippen LogP contribution in [0.2, 0.25) is 0 Å². The van der Waals surface area contributed by atoms with Crippen molar-refractivity contribution in [3.8, 4) is 5.75 Å². The molecule has 0 spiro atoms. The largest absolute Gasteiger partial charge is 0.494 e. The number of carbonyl (C=O) groups is 1. The van der Waals surface area contributed by atoms with Crippen LogP contribution < -0.4 is 9.64 Å². The average molecular weight is 363 g/mol. The number of para-hydroxylation sites is 2.